The van der Waals surface area contributed by atoms with Crippen molar-refractivity contribution in [3.63, 3.8) is 0 Å². The number of anilines is 5. The van der Waals surface area contributed by atoms with Crippen molar-refractivity contribution in [2.45, 2.75) is 110 Å². The number of nitrogens with zero attached hydrogens (tertiary/aromatic N) is 2. The Balaban J connectivity index is 1.25. The lowest BCUT2D eigenvalue weighted by Crippen LogP contribution is -2.57. The molecule has 4 aromatic carbocycles. The zero-order chi connectivity index (χ0) is 32.9. The number of benzene rings is 4. The average molecular weight is 653 g/mol. The summed E-state index contributed by atoms with van der Waals surface area (Å²) in [6, 6.07) is 24.8. The van der Waals surface area contributed by atoms with Gasteiger partial charge in [0.2, 0.25) is 0 Å². The topological polar surface area (TPSA) is 6.48 Å². The second-order valence-corrected chi connectivity index (χ2v) is 16.7. The quantitative estimate of drug-likeness (QED) is 0.199. The third-order valence-corrected chi connectivity index (χ3v) is 13.9. The van der Waals surface area contributed by atoms with Crippen molar-refractivity contribution in [2.75, 3.05) is 9.80 Å². The Morgan fingerprint density at radius 3 is 1.90 bits per heavy atom. The zero-order valence-electron chi connectivity index (χ0n) is 29.9. The summed E-state index contributed by atoms with van der Waals surface area (Å²) in [6.45, 7) is 2.64. The van der Waals surface area contributed by atoms with Crippen LogP contribution in [0, 0.1) is 18.8 Å². The van der Waals surface area contributed by atoms with E-state index in [1.807, 2.05) is 0 Å². The molecule has 2 aliphatic heterocycles. The summed E-state index contributed by atoms with van der Waals surface area (Å²) in [5, 5.41) is 0. The maximum absolute atomic E-state index is 2.86. The normalized spacial score (nSPS) is 22.9. The molecule has 2 heterocycles. The van der Waals surface area contributed by atoms with E-state index in [2.05, 4.69) is 89.5 Å². The fourth-order valence-corrected chi connectivity index (χ4v) is 11.7. The van der Waals surface area contributed by atoms with E-state index in [-0.39, 0.29) is 6.71 Å². The molecule has 0 bridgehead atoms. The number of hydrogen-bond acceptors (Lipinski definition) is 2. The highest BCUT2D eigenvalue weighted by Gasteiger charge is 2.49. The Hall–Kier alpha value is -3.98. The van der Waals surface area contributed by atoms with Gasteiger partial charge >= 0.3 is 0 Å². The summed E-state index contributed by atoms with van der Waals surface area (Å²) in [4.78, 5) is 5.67. The molecule has 2 nitrogen and oxygen atoms in total. The summed E-state index contributed by atoms with van der Waals surface area (Å²) in [5.74, 6) is 1.23. The minimum absolute atomic E-state index is 0.267. The molecule has 1 fully saturated rings. The van der Waals surface area contributed by atoms with Gasteiger partial charge in [-0.15, -0.1) is 0 Å². The van der Waals surface area contributed by atoms with Gasteiger partial charge in [-0.1, -0.05) is 61.4 Å². The van der Waals surface area contributed by atoms with E-state index in [0.29, 0.717) is 11.8 Å². The van der Waals surface area contributed by atoms with Gasteiger partial charge in [-0.05, 0) is 182 Å². The number of allylic oxidation sites excluding steroid dienone is 4. The highest BCUT2D eigenvalue weighted by molar-refractivity contribution is 6.95. The van der Waals surface area contributed by atoms with E-state index in [1.165, 1.54) is 137 Å². The highest BCUT2D eigenvalue weighted by Crippen LogP contribution is 2.53. The molecular formula is C47H49BN2. The molecule has 0 amide bonds. The monoisotopic (exact) mass is 652 g/mol. The number of aryl methyl sites for hydroxylation is 4. The van der Waals surface area contributed by atoms with Gasteiger partial charge in [0, 0.05) is 40.1 Å². The molecule has 4 aromatic rings. The molecule has 2 unspecified atom stereocenters. The van der Waals surface area contributed by atoms with Gasteiger partial charge in [-0.3, -0.25) is 0 Å². The molecule has 0 spiro atoms. The Kier molecular flexibility index (Phi) is 6.85. The first kappa shape index (κ1) is 29.7. The van der Waals surface area contributed by atoms with Crippen molar-refractivity contribution in [3.8, 4) is 0 Å². The molecule has 7 aliphatic rings. The summed E-state index contributed by atoms with van der Waals surface area (Å²) < 4.78 is 0. The first-order chi connectivity index (χ1) is 24.7. The Labute approximate surface area is 299 Å². The minimum atomic E-state index is 0.267. The van der Waals surface area contributed by atoms with Crippen molar-refractivity contribution in [2.24, 2.45) is 11.8 Å². The summed E-state index contributed by atoms with van der Waals surface area (Å²) >= 11 is 0. The first-order valence-corrected chi connectivity index (χ1v) is 20.3. The molecule has 0 aromatic heterocycles. The summed E-state index contributed by atoms with van der Waals surface area (Å²) in [6.07, 6.45) is 25.7. The maximum atomic E-state index is 2.86. The molecule has 1 saturated carbocycles. The van der Waals surface area contributed by atoms with Crippen molar-refractivity contribution in [3.05, 3.63) is 123 Å². The second kappa shape index (κ2) is 11.5. The van der Waals surface area contributed by atoms with Crippen molar-refractivity contribution in [1.29, 1.82) is 0 Å². The van der Waals surface area contributed by atoms with Crippen LogP contribution in [0.15, 0.2) is 84.0 Å². The Bertz CT molecular complexity index is 2140. The van der Waals surface area contributed by atoms with E-state index < -0.39 is 0 Å². The maximum Gasteiger partial charge on any atom is 0.251 e. The van der Waals surface area contributed by atoms with Crippen LogP contribution in [0.1, 0.15) is 103 Å². The smallest absolute Gasteiger partial charge is 0.251 e. The van der Waals surface area contributed by atoms with Gasteiger partial charge in [-0.25, -0.2) is 0 Å². The van der Waals surface area contributed by atoms with Crippen LogP contribution in [0.3, 0.4) is 0 Å². The number of fused-ring (bicyclic) bond motifs is 9. The number of hydrogen-bond donors (Lipinski definition) is 0. The van der Waals surface area contributed by atoms with Crippen molar-refractivity contribution < 1.29 is 0 Å². The van der Waals surface area contributed by atoms with Crippen LogP contribution in [0.2, 0.25) is 0 Å². The van der Waals surface area contributed by atoms with Crippen LogP contribution in [0.5, 0.6) is 0 Å². The third-order valence-electron chi connectivity index (χ3n) is 13.9. The predicted molar refractivity (Wildman–Crippen MR) is 211 cm³/mol. The minimum Gasteiger partial charge on any atom is -0.315 e. The molecule has 0 N–H and O–H groups in total. The van der Waals surface area contributed by atoms with Gasteiger partial charge in [0.05, 0.1) is 0 Å². The van der Waals surface area contributed by atoms with E-state index in [9.17, 15) is 0 Å². The van der Waals surface area contributed by atoms with E-state index in [1.54, 1.807) is 55.5 Å². The molecule has 250 valence electrons. The molecule has 11 rings (SSSR count). The predicted octanol–water partition coefficient (Wildman–Crippen LogP) is 10.3. The van der Waals surface area contributed by atoms with E-state index in [0.717, 1.165) is 0 Å². The van der Waals surface area contributed by atoms with Crippen LogP contribution in [-0.2, 0) is 38.5 Å². The van der Waals surface area contributed by atoms with Gasteiger partial charge < -0.3 is 9.80 Å². The van der Waals surface area contributed by atoms with Crippen LogP contribution >= 0.6 is 0 Å². The van der Waals surface area contributed by atoms with Gasteiger partial charge in [0.1, 0.15) is 0 Å². The molecule has 0 radical (unpaired) electrons. The Morgan fingerprint density at radius 2 is 1.18 bits per heavy atom. The lowest BCUT2D eigenvalue weighted by Gasteiger charge is -2.50. The Morgan fingerprint density at radius 1 is 0.580 bits per heavy atom. The lowest BCUT2D eigenvalue weighted by molar-refractivity contribution is 0.316. The molecule has 50 heavy (non-hydrogen) atoms. The number of rotatable bonds is 2. The van der Waals surface area contributed by atoms with Crippen LogP contribution < -0.4 is 20.7 Å². The largest absolute Gasteiger partial charge is 0.315 e. The molecule has 5 aliphatic carbocycles. The SMILES string of the molecule is Cc1cc2c3c(c1)N(c1cccc4c1CCCC4)c1c(ccc4c1CCCC4)B3C1=C(C3CCCCC3C=C1)N2c1cccc2c1CCCC2. The van der Waals surface area contributed by atoms with Crippen LogP contribution in [-0.4, -0.2) is 6.71 Å². The molecule has 3 heteroatoms. The molecule has 2 atom stereocenters. The summed E-state index contributed by atoms with van der Waals surface area (Å²) in [7, 11) is 0. The van der Waals surface area contributed by atoms with E-state index >= 15 is 0 Å². The van der Waals surface area contributed by atoms with E-state index in [4.69, 9.17) is 0 Å². The van der Waals surface area contributed by atoms with Gasteiger partial charge in [0.15, 0.2) is 0 Å². The second-order valence-electron chi connectivity index (χ2n) is 16.7. The van der Waals surface area contributed by atoms with Crippen LogP contribution in [0.25, 0.3) is 0 Å². The third kappa shape index (κ3) is 4.28. The first-order valence-electron chi connectivity index (χ1n) is 20.3. The van der Waals surface area contributed by atoms with Crippen molar-refractivity contribution >= 4 is 46.1 Å². The fourth-order valence-electron chi connectivity index (χ4n) is 11.7. The highest BCUT2D eigenvalue weighted by atomic mass is 15.2. The summed E-state index contributed by atoms with van der Waals surface area (Å²) in [5.41, 5.74) is 24.6. The van der Waals surface area contributed by atoms with Crippen molar-refractivity contribution in [1.82, 2.24) is 0 Å². The zero-order valence-corrected chi connectivity index (χ0v) is 29.9. The standard InChI is InChI=1S/C47H49BN2/c1-30-28-43-45-44(29-30)50(42-23-11-17-32-13-3-7-19-36(32)42)47-38-21-9-5-15-34(38)25-27-40(47)48(45)39-26-24-33-14-4-8-20-37(33)46(39)49(43)41-22-10-16-31-12-2-6-18-35(31)41/h10-11,16-17,22-29,33,37H,2-9,12-15,18-21H2,1H3. The van der Waals surface area contributed by atoms with Gasteiger partial charge in [-0.2, -0.15) is 0 Å². The average Bonchev–Trinajstić information content (AvgIpc) is 3.17. The lowest BCUT2D eigenvalue weighted by atomic mass is 9.31. The van der Waals surface area contributed by atoms with Crippen LogP contribution in [0.4, 0.5) is 28.4 Å². The molecule has 0 saturated heterocycles. The van der Waals surface area contributed by atoms with Gasteiger partial charge in [0.25, 0.3) is 6.71 Å². The molecular weight excluding hydrogens is 603 g/mol. The fraction of sp³-hybridized carbons (Fsp3) is 0.404.